The van der Waals surface area contributed by atoms with Crippen LogP contribution in [0.15, 0.2) is 4.47 Å². The van der Waals surface area contributed by atoms with E-state index in [1.165, 1.54) is 16.6 Å². The summed E-state index contributed by atoms with van der Waals surface area (Å²) >= 11 is 3.60. The van der Waals surface area contributed by atoms with Gasteiger partial charge in [0, 0.05) is 19.5 Å². The van der Waals surface area contributed by atoms with Gasteiger partial charge < -0.3 is 5.32 Å². The van der Waals surface area contributed by atoms with E-state index in [0.717, 1.165) is 18.8 Å². The maximum Gasteiger partial charge on any atom is 0.0738 e. The maximum atomic E-state index is 4.40. The van der Waals surface area contributed by atoms with Crippen LogP contribution in [0, 0.1) is 6.92 Å². The van der Waals surface area contributed by atoms with Gasteiger partial charge in [0.05, 0.1) is 15.9 Å². The van der Waals surface area contributed by atoms with E-state index in [4.69, 9.17) is 0 Å². The summed E-state index contributed by atoms with van der Waals surface area (Å²) in [7, 11) is 2.02. The normalized spacial score (nSPS) is 22.5. The molecule has 1 aliphatic heterocycles. The summed E-state index contributed by atoms with van der Waals surface area (Å²) in [5.74, 6) is 0.626. The number of halogens is 1. The molecular formula is C9H14BrN3. The lowest BCUT2D eigenvalue weighted by atomic mass is 10.0. The number of nitrogens with zero attached hydrogens (tertiary/aromatic N) is 2. The van der Waals surface area contributed by atoms with E-state index < -0.39 is 0 Å². The van der Waals surface area contributed by atoms with Crippen LogP contribution >= 0.6 is 15.9 Å². The predicted octanol–water partition coefficient (Wildman–Crippen LogP) is 1.57. The van der Waals surface area contributed by atoms with Gasteiger partial charge in [0.1, 0.15) is 0 Å². The van der Waals surface area contributed by atoms with E-state index in [9.17, 15) is 0 Å². The minimum Gasteiger partial charge on any atom is -0.316 e. The first-order valence-electron chi connectivity index (χ1n) is 4.60. The standard InChI is InChI=1S/C9H14BrN3/c1-6-8(10)9(13(2)12-6)7-3-4-11-5-7/h7,11H,3-5H2,1-2H3. The van der Waals surface area contributed by atoms with Crippen molar-refractivity contribution in [2.45, 2.75) is 19.3 Å². The van der Waals surface area contributed by atoms with Gasteiger partial charge in [-0.05, 0) is 35.8 Å². The zero-order valence-corrected chi connectivity index (χ0v) is 9.56. The van der Waals surface area contributed by atoms with Crippen molar-refractivity contribution in [3.8, 4) is 0 Å². The van der Waals surface area contributed by atoms with Crippen LogP contribution in [0.3, 0.4) is 0 Å². The van der Waals surface area contributed by atoms with Crippen molar-refractivity contribution in [1.29, 1.82) is 0 Å². The van der Waals surface area contributed by atoms with Crippen LogP contribution in [-0.2, 0) is 7.05 Å². The quantitative estimate of drug-likeness (QED) is 0.812. The summed E-state index contributed by atoms with van der Waals surface area (Å²) in [4.78, 5) is 0. The third-order valence-corrected chi connectivity index (χ3v) is 3.62. The van der Waals surface area contributed by atoms with Gasteiger partial charge >= 0.3 is 0 Å². The number of hydrogen-bond donors (Lipinski definition) is 1. The summed E-state index contributed by atoms with van der Waals surface area (Å²) in [6, 6.07) is 0. The predicted molar refractivity (Wildman–Crippen MR) is 55.9 cm³/mol. The Morgan fingerprint density at radius 1 is 1.62 bits per heavy atom. The van der Waals surface area contributed by atoms with E-state index in [-0.39, 0.29) is 0 Å². The molecule has 1 fully saturated rings. The molecule has 1 atom stereocenters. The molecule has 0 aliphatic carbocycles. The molecule has 72 valence electrons. The molecule has 0 amide bonds. The van der Waals surface area contributed by atoms with Crippen molar-refractivity contribution in [3.63, 3.8) is 0 Å². The number of nitrogens with one attached hydrogen (secondary N) is 1. The third-order valence-electron chi connectivity index (χ3n) is 2.64. The molecule has 1 N–H and O–H groups in total. The Bertz CT molecular complexity index is 313. The molecule has 1 aromatic heterocycles. The fraction of sp³-hybridized carbons (Fsp3) is 0.667. The summed E-state index contributed by atoms with van der Waals surface area (Å²) in [5, 5.41) is 7.77. The molecule has 1 saturated heterocycles. The Morgan fingerprint density at radius 3 is 2.85 bits per heavy atom. The largest absolute Gasteiger partial charge is 0.316 e. The van der Waals surface area contributed by atoms with Crippen molar-refractivity contribution in [2.75, 3.05) is 13.1 Å². The number of aromatic nitrogens is 2. The lowest BCUT2D eigenvalue weighted by Gasteiger charge is -2.09. The molecule has 0 bridgehead atoms. The number of aryl methyl sites for hydroxylation is 2. The van der Waals surface area contributed by atoms with E-state index in [2.05, 4.69) is 26.3 Å². The Balaban J connectivity index is 2.37. The van der Waals surface area contributed by atoms with Gasteiger partial charge in [-0.3, -0.25) is 4.68 Å². The van der Waals surface area contributed by atoms with E-state index in [1.54, 1.807) is 0 Å². The fourth-order valence-corrected chi connectivity index (χ4v) is 2.64. The highest BCUT2D eigenvalue weighted by Gasteiger charge is 2.23. The molecule has 1 aromatic rings. The van der Waals surface area contributed by atoms with Crippen molar-refractivity contribution in [3.05, 3.63) is 15.9 Å². The van der Waals surface area contributed by atoms with Crippen molar-refractivity contribution < 1.29 is 0 Å². The van der Waals surface area contributed by atoms with Gasteiger partial charge in [-0.15, -0.1) is 0 Å². The van der Waals surface area contributed by atoms with E-state index in [0.29, 0.717) is 5.92 Å². The first-order chi connectivity index (χ1) is 6.20. The smallest absolute Gasteiger partial charge is 0.0738 e. The third kappa shape index (κ3) is 1.53. The van der Waals surface area contributed by atoms with Crippen molar-refractivity contribution in [2.24, 2.45) is 7.05 Å². The highest BCUT2D eigenvalue weighted by Crippen LogP contribution is 2.30. The minimum absolute atomic E-state index is 0.626. The van der Waals surface area contributed by atoms with Gasteiger partial charge in [0.25, 0.3) is 0 Å². The summed E-state index contributed by atoms with van der Waals surface area (Å²) < 4.78 is 3.18. The van der Waals surface area contributed by atoms with Gasteiger partial charge in [0.2, 0.25) is 0 Å². The molecule has 0 aromatic carbocycles. The molecule has 1 aliphatic rings. The Hall–Kier alpha value is -0.350. The van der Waals surface area contributed by atoms with Crippen LogP contribution in [-0.4, -0.2) is 22.9 Å². The molecule has 2 heterocycles. The molecule has 0 spiro atoms. The van der Waals surface area contributed by atoms with Gasteiger partial charge in [-0.1, -0.05) is 0 Å². The second-order valence-electron chi connectivity index (χ2n) is 3.60. The van der Waals surface area contributed by atoms with E-state index in [1.807, 2.05) is 18.7 Å². The van der Waals surface area contributed by atoms with Crippen LogP contribution in [0.5, 0.6) is 0 Å². The second-order valence-corrected chi connectivity index (χ2v) is 4.39. The fourth-order valence-electron chi connectivity index (χ4n) is 1.98. The van der Waals surface area contributed by atoms with Crippen LogP contribution < -0.4 is 5.32 Å². The summed E-state index contributed by atoms with van der Waals surface area (Å²) in [6.07, 6.45) is 1.22. The topological polar surface area (TPSA) is 29.9 Å². The molecule has 0 radical (unpaired) electrons. The van der Waals surface area contributed by atoms with Crippen molar-refractivity contribution in [1.82, 2.24) is 15.1 Å². The number of hydrogen-bond acceptors (Lipinski definition) is 2. The van der Waals surface area contributed by atoms with Crippen molar-refractivity contribution >= 4 is 15.9 Å². The highest BCUT2D eigenvalue weighted by atomic mass is 79.9. The zero-order valence-electron chi connectivity index (χ0n) is 7.97. The average molecular weight is 244 g/mol. The molecule has 2 rings (SSSR count). The SMILES string of the molecule is Cc1nn(C)c(C2CCNC2)c1Br. The van der Waals surface area contributed by atoms with Gasteiger partial charge in [0.15, 0.2) is 0 Å². The summed E-state index contributed by atoms with van der Waals surface area (Å²) in [5.41, 5.74) is 2.42. The average Bonchev–Trinajstić information content (AvgIpc) is 2.63. The second kappa shape index (κ2) is 3.42. The lowest BCUT2D eigenvalue weighted by Crippen LogP contribution is -2.11. The van der Waals surface area contributed by atoms with Crippen LogP contribution in [0.4, 0.5) is 0 Å². The minimum atomic E-state index is 0.626. The summed E-state index contributed by atoms with van der Waals surface area (Å²) in [6.45, 7) is 4.24. The monoisotopic (exact) mass is 243 g/mol. The van der Waals surface area contributed by atoms with Crippen LogP contribution in [0.1, 0.15) is 23.7 Å². The van der Waals surface area contributed by atoms with Gasteiger partial charge in [-0.25, -0.2) is 0 Å². The zero-order chi connectivity index (χ0) is 9.42. The molecular weight excluding hydrogens is 230 g/mol. The lowest BCUT2D eigenvalue weighted by molar-refractivity contribution is 0.633. The Morgan fingerprint density at radius 2 is 2.38 bits per heavy atom. The first-order valence-corrected chi connectivity index (χ1v) is 5.39. The first kappa shape index (κ1) is 9.21. The Labute approximate surface area is 86.6 Å². The molecule has 1 unspecified atom stereocenters. The maximum absolute atomic E-state index is 4.40. The van der Waals surface area contributed by atoms with Crippen LogP contribution in [0.2, 0.25) is 0 Å². The Kier molecular flexibility index (Phi) is 2.43. The molecule has 13 heavy (non-hydrogen) atoms. The van der Waals surface area contributed by atoms with Crippen LogP contribution in [0.25, 0.3) is 0 Å². The molecule has 3 nitrogen and oxygen atoms in total. The molecule has 0 saturated carbocycles. The van der Waals surface area contributed by atoms with Gasteiger partial charge in [-0.2, -0.15) is 5.10 Å². The number of rotatable bonds is 1. The molecule has 4 heteroatoms. The highest BCUT2D eigenvalue weighted by molar-refractivity contribution is 9.10. The van der Waals surface area contributed by atoms with E-state index >= 15 is 0 Å².